The molecular weight excluding hydrogens is 292 g/mol. The molecular formula is C17H20N4O2. The fourth-order valence-corrected chi connectivity index (χ4v) is 2.10. The number of nitrogens with one attached hydrogen (secondary N) is 2. The molecule has 0 spiro atoms. The molecule has 2 aromatic rings. The van der Waals surface area contributed by atoms with Gasteiger partial charge in [0.25, 0.3) is 0 Å². The van der Waals surface area contributed by atoms with Gasteiger partial charge in [-0.3, -0.25) is 4.79 Å². The monoisotopic (exact) mass is 312 g/mol. The molecule has 120 valence electrons. The lowest BCUT2D eigenvalue weighted by Gasteiger charge is -2.14. The first-order valence-electron chi connectivity index (χ1n) is 7.79. The van der Waals surface area contributed by atoms with Crippen molar-refractivity contribution in [2.24, 2.45) is 5.92 Å². The second kappa shape index (κ2) is 6.64. The van der Waals surface area contributed by atoms with Gasteiger partial charge < -0.3 is 15.4 Å². The van der Waals surface area contributed by atoms with Gasteiger partial charge in [-0.15, -0.1) is 10.2 Å². The van der Waals surface area contributed by atoms with E-state index in [-0.39, 0.29) is 17.9 Å². The Morgan fingerprint density at radius 2 is 1.83 bits per heavy atom. The molecule has 23 heavy (non-hydrogen) atoms. The van der Waals surface area contributed by atoms with Crippen LogP contribution in [0.3, 0.4) is 0 Å². The Kier molecular flexibility index (Phi) is 4.41. The molecule has 0 saturated heterocycles. The standard InChI is InChI=1S/C17H20N4O2/c1-11(2)23-14-6-4-3-5-13(14)18-15-9-10-16(21-20-15)19-17(22)12-7-8-12/h3-6,9-12H,7-8H2,1-2H3,(H,18,20)(H,19,21,22). The maximum Gasteiger partial charge on any atom is 0.228 e. The minimum Gasteiger partial charge on any atom is -0.489 e. The van der Waals surface area contributed by atoms with Crippen molar-refractivity contribution in [2.75, 3.05) is 10.6 Å². The highest BCUT2D eigenvalue weighted by atomic mass is 16.5. The summed E-state index contributed by atoms with van der Waals surface area (Å²) in [6, 6.07) is 11.2. The molecule has 0 aliphatic heterocycles. The van der Waals surface area contributed by atoms with Gasteiger partial charge >= 0.3 is 0 Å². The van der Waals surface area contributed by atoms with Crippen LogP contribution < -0.4 is 15.4 Å². The first kappa shape index (κ1) is 15.3. The SMILES string of the molecule is CC(C)Oc1ccccc1Nc1ccc(NC(=O)C2CC2)nn1. The second-order valence-corrected chi connectivity index (χ2v) is 5.86. The predicted octanol–water partition coefficient (Wildman–Crippen LogP) is 3.36. The Bertz CT molecular complexity index is 681. The van der Waals surface area contributed by atoms with E-state index in [2.05, 4.69) is 20.8 Å². The van der Waals surface area contributed by atoms with Crippen LogP contribution >= 0.6 is 0 Å². The van der Waals surface area contributed by atoms with Crippen LogP contribution in [0.15, 0.2) is 36.4 Å². The molecule has 3 rings (SSSR count). The predicted molar refractivity (Wildman–Crippen MR) is 88.9 cm³/mol. The van der Waals surface area contributed by atoms with Crippen LogP contribution in [0.5, 0.6) is 5.75 Å². The molecule has 1 aromatic heterocycles. The van der Waals surface area contributed by atoms with Crippen molar-refractivity contribution in [1.82, 2.24) is 10.2 Å². The van der Waals surface area contributed by atoms with Crippen LogP contribution in [0.25, 0.3) is 0 Å². The number of nitrogens with zero attached hydrogens (tertiary/aromatic N) is 2. The number of hydrogen-bond acceptors (Lipinski definition) is 5. The fourth-order valence-electron chi connectivity index (χ4n) is 2.10. The number of anilines is 3. The minimum atomic E-state index is 0.0238. The number of ether oxygens (including phenoxy) is 1. The average Bonchev–Trinajstić information content (AvgIpc) is 3.35. The summed E-state index contributed by atoms with van der Waals surface area (Å²) in [5, 5.41) is 14.1. The van der Waals surface area contributed by atoms with E-state index in [0.717, 1.165) is 24.3 Å². The van der Waals surface area contributed by atoms with Gasteiger partial charge in [0, 0.05) is 5.92 Å². The molecule has 1 aliphatic carbocycles. The van der Waals surface area contributed by atoms with Crippen molar-refractivity contribution >= 4 is 23.2 Å². The summed E-state index contributed by atoms with van der Waals surface area (Å²) in [5.74, 6) is 1.99. The molecule has 0 bridgehead atoms. The average molecular weight is 312 g/mol. The minimum absolute atomic E-state index is 0.0238. The van der Waals surface area contributed by atoms with E-state index in [1.165, 1.54) is 0 Å². The van der Waals surface area contributed by atoms with Crippen molar-refractivity contribution in [1.29, 1.82) is 0 Å². The highest BCUT2D eigenvalue weighted by molar-refractivity contribution is 5.93. The molecule has 0 radical (unpaired) electrons. The summed E-state index contributed by atoms with van der Waals surface area (Å²) in [5.41, 5.74) is 0.824. The van der Waals surface area contributed by atoms with Gasteiger partial charge in [0.2, 0.25) is 5.91 Å². The van der Waals surface area contributed by atoms with Gasteiger partial charge in [0.15, 0.2) is 11.6 Å². The fraction of sp³-hybridized carbons (Fsp3) is 0.353. The number of hydrogen-bond donors (Lipinski definition) is 2. The van der Waals surface area contributed by atoms with E-state index < -0.39 is 0 Å². The summed E-state index contributed by atoms with van der Waals surface area (Å²) in [7, 11) is 0. The van der Waals surface area contributed by atoms with Gasteiger partial charge in [-0.1, -0.05) is 12.1 Å². The normalized spacial score (nSPS) is 13.7. The lowest BCUT2D eigenvalue weighted by atomic mass is 10.3. The zero-order valence-corrected chi connectivity index (χ0v) is 13.2. The lowest BCUT2D eigenvalue weighted by molar-refractivity contribution is -0.117. The topological polar surface area (TPSA) is 76.1 Å². The summed E-state index contributed by atoms with van der Waals surface area (Å²) in [6.45, 7) is 3.96. The van der Waals surface area contributed by atoms with Crippen molar-refractivity contribution < 1.29 is 9.53 Å². The second-order valence-electron chi connectivity index (χ2n) is 5.86. The van der Waals surface area contributed by atoms with Gasteiger partial charge in [-0.25, -0.2) is 0 Å². The Balaban J connectivity index is 1.67. The van der Waals surface area contributed by atoms with E-state index in [9.17, 15) is 4.79 Å². The van der Waals surface area contributed by atoms with Gasteiger partial charge in [-0.2, -0.15) is 0 Å². The van der Waals surface area contributed by atoms with Crippen molar-refractivity contribution in [3.63, 3.8) is 0 Å². The molecule has 1 saturated carbocycles. The highest BCUT2D eigenvalue weighted by Gasteiger charge is 2.29. The molecule has 1 fully saturated rings. The number of rotatable bonds is 6. The van der Waals surface area contributed by atoms with Crippen molar-refractivity contribution in [3.8, 4) is 5.75 Å². The molecule has 6 heteroatoms. The van der Waals surface area contributed by atoms with Crippen molar-refractivity contribution in [2.45, 2.75) is 32.8 Å². The number of carbonyl (C=O) groups excluding carboxylic acids is 1. The number of amides is 1. The maximum absolute atomic E-state index is 11.7. The zero-order valence-electron chi connectivity index (χ0n) is 13.2. The van der Waals surface area contributed by atoms with Crippen LogP contribution in [0.1, 0.15) is 26.7 Å². The quantitative estimate of drug-likeness (QED) is 0.855. The summed E-state index contributed by atoms with van der Waals surface area (Å²) < 4.78 is 5.76. The van der Waals surface area contributed by atoms with Gasteiger partial charge in [-0.05, 0) is 51.0 Å². The van der Waals surface area contributed by atoms with Gasteiger partial charge in [0.1, 0.15) is 5.75 Å². The van der Waals surface area contributed by atoms with Crippen molar-refractivity contribution in [3.05, 3.63) is 36.4 Å². The lowest BCUT2D eigenvalue weighted by Crippen LogP contribution is -2.14. The zero-order chi connectivity index (χ0) is 16.2. The van der Waals surface area contributed by atoms with E-state index in [0.29, 0.717) is 11.6 Å². The number of benzene rings is 1. The first-order valence-corrected chi connectivity index (χ1v) is 7.79. The van der Waals surface area contributed by atoms with Crippen LogP contribution in [-0.4, -0.2) is 22.2 Å². The molecule has 6 nitrogen and oxygen atoms in total. The Labute approximate surface area is 135 Å². The largest absolute Gasteiger partial charge is 0.489 e. The third kappa shape index (κ3) is 4.18. The van der Waals surface area contributed by atoms with Crippen LogP contribution in [0.4, 0.5) is 17.3 Å². The van der Waals surface area contributed by atoms with E-state index in [1.807, 2.05) is 38.1 Å². The number of aromatic nitrogens is 2. The Hall–Kier alpha value is -2.63. The van der Waals surface area contributed by atoms with E-state index in [1.54, 1.807) is 12.1 Å². The Morgan fingerprint density at radius 3 is 2.48 bits per heavy atom. The third-order valence-corrected chi connectivity index (χ3v) is 3.38. The van der Waals surface area contributed by atoms with Crippen LogP contribution in [0.2, 0.25) is 0 Å². The highest BCUT2D eigenvalue weighted by Crippen LogP contribution is 2.30. The maximum atomic E-state index is 11.7. The molecule has 0 unspecified atom stereocenters. The molecule has 1 amide bonds. The molecule has 1 aromatic carbocycles. The molecule has 0 atom stereocenters. The Morgan fingerprint density at radius 1 is 1.13 bits per heavy atom. The van der Waals surface area contributed by atoms with Crippen LogP contribution in [0, 0.1) is 5.92 Å². The summed E-state index contributed by atoms with van der Waals surface area (Å²) in [6.07, 6.45) is 2.01. The van der Waals surface area contributed by atoms with Crippen LogP contribution in [-0.2, 0) is 4.79 Å². The molecule has 1 aliphatic rings. The summed E-state index contributed by atoms with van der Waals surface area (Å²) >= 11 is 0. The van der Waals surface area contributed by atoms with E-state index in [4.69, 9.17) is 4.74 Å². The molecule has 2 N–H and O–H groups in total. The number of carbonyl (C=O) groups is 1. The smallest absolute Gasteiger partial charge is 0.228 e. The third-order valence-electron chi connectivity index (χ3n) is 3.38. The van der Waals surface area contributed by atoms with E-state index >= 15 is 0 Å². The summed E-state index contributed by atoms with van der Waals surface area (Å²) in [4.78, 5) is 11.7. The van der Waals surface area contributed by atoms with Gasteiger partial charge in [0.05, 0.1) is 11.8 Å². The first-order chi connectivity index (χ1) is 11.1. The molecule has 1 heterocycles. The number of para-hydroxylation sites is 2.